The molecule has 10 heteroatoms. The Morgan fingerprint density at radius 3 is 2.21 bits per heavy atom. The molecule has 0 aliphatic rings. The summed E-state index contributed by atoms with van der Waals surface area (Å²) >= 11 is 12.3. The van der Waals surface area contributed by atoms with Crippen molar-refractivity contribution in [3.63, 3.8) is 0 Å². The van der Waals surface area contributed by atoms with Crippen molar-refractivity contribution >= 4 is 23.2 Å². The topological polar surface area (TPSA) is 47.3 Å². The zero-order chi connectivity index (χ0) is 23.8. The molecule has 1 heterocycles. The van der Waals surface area contributed by atoms with Crippen LogP contribution in [0.1, 0.15) is 11.4 Å². The van der Waals surface area contributed by atoms with Gasteiger partial charge in [-0.25, -0.2) is 9.07 Å². The second-order valence-electron chi connectivity index (χ2n) is 6.98. The van der Waals surface area contributed by atoms with Crippen LogP contribution in [0.4, 0.5) is 17.6 Å². The standard InChI is InChI=1S/C23H14Cl2F4N2O2/c24-18-2-1-3-19(25)22(18)31-15(11-21(30-31)23(27,28)29)12-33-16-7-4-13(5-8-16)17-9-6-14(26)10-20(17)32/h1-11,32H,12H2. The van der Waals surface area contributed by atoms with E-state index in [1.54, 1.807) is 30.3 Å². The fraction of sp³-hybridized carbons (Fsp3) is 0.0870. The Hall–Kier alpha value is -3.23. The number of rotatable bonds is 5. The minimum absolute atomic E-state index is 0.0811. The minimum atomic E-state index is -4.67. The molecule has 33 heavy (non-hydrogen) atoms. The van der Waals surface area contributed by atoms with Crippen LogP contribution in [0, 0.1) is 5.82 Å². The first kappa shape index (κ1) is 22.9. The van der Waals surface area contributed by atoms with Crippen molar-refractivity contribution in [2.45, 2.75) is 12.8 Å². The summed E-state index contributed by atoms with van der Waals surface area (Å²) in [5.41, 5.74) is 0.102. The average molecular weight is 497 g/mol. The lowest BCUT2D eigenvalue weighted by molar-refractivity contribution is -0.141. The van der Waals surface area contributed by atoms with Gasteiger partial charge < -0.3 is 9.84 Å². The van der Waals surface area contributed by atoms with E-state index in [2.05, 4.69) is 5.10 Å². The molecule has 0 aliphatic heterocycles. The highest BCUT2D eigenvalue weighted by molar-refractivity contribution is 6.37. The predicted molar refractivity (Wildman–Crippen MR) is 116 cm³/mol. The van der Waals surface area contributed by atoms with Crippen molar-refractivity contribution in [1.29, 1.82) is 0 Å². The Bertz CT molecular complexity index is 1280. The van der Waals surface area contributed by atoms with Crippen molar-refractivity contribution in [3.8, 4) is 28.3 Å². The van der Waals surface area contributed by atoms with Gasteiger partial charge in [0.05, 0.1) is 15.7 Å². The van der Waals surface area contributed by atoms with Crippen LogP contribution in [0.15, 0.2) is 66.7 Å². The lowest BCUT2D eigenvalue weighted by Crippen LogP contribution is -2.09. The maximum atomic E-state index is 13.3. The largest absolute Gasteiger partial charge is 0.507 e. The normalized spacial score (nSPS) is 11.6. The summed E-state index contributed by atoms with van der Waals surface area (Å²) in [5.74, 6) is -0.430. The van der Waals surface area contributed by atoms with Gasteiger partial charge in [-0.2, -0.15) is 18.3 Å². The van der Waals surface area contributed by atoms with E-state index in [-0.39, 0.29) is 33.8 Å². The summed E-state index contributed by atoms with van der Waals surface area (Å²) in [6.45, 7) is -0.258. The number of aromatic hydroxyl groups is 1. The molecule has 4 rings (SSSR count). The van der Waals surface area contributed by atoms with E-state index in [0.29, 0.717) is 16.9 Å². The average Bonchev–Trinajstić information content (AvgIpc) is 3.17. The number of halogens is 6. The fourth-order valence-corrected chi connectivity index (χ4v) is 3.74. The van der Waals surface area contributed by atoms with Crippen LogP contribution >= 0.6 is 23.2 Å². The molecule has 4 aromatic rings. The Labute approximate surface area is 195 Å². The molecule has 1 N–H and O–H groups in total. The summed E-state index contributed by atoms with van der Waals surface area (Å²) in [6.07, 6.45) is -4.67. The molecular weight excluding hydrogens is 483 g/mol. The van der Waals surface area contributed by atoms with E-state index in [0.717, 1.165) is 16.8 Å². The van der Waals surface area contributed by atoms with Crippen LogP contribution in [0.5, 0.6) is 11.5 Å². The Kier molecular flexibility index (Phi) is 6.23. The van der Waals surface area contributed by atoms with Crippen LogP contribution in [-0.2, 0) is 12.8 Å². The number of alkyl halides is 3. The van der Waals surface area contributed by atoms with Crippen LogP contribution in [0.25, 0.3) is 16.8 Å². The highest BCUT2D eigenvalue weighted by Crippen LogP contribution is 2.34. The quantitative estimate of drug-likeness (QED) is 0.295. The molecule has 0 radical (unpaired) electrons. The molecule has 0 unspecified atom stereocenters. The first-order valence-corrected chi connectivity index (χ1v) is 10.2. The van der Waals surface area contributed by atoms with Crippen LogP contribution in [0.2, 0.25) is 10.0 Å². The monoisotopic (exact) mass is 496 g/mol. The van der Waals surface area contributed by atoms with E-state index in [1.807, 2.05) is 0 Å². The van der Waals surface area contributed by atoms with E-state index < -0.39 is 17.7 Å². The van der Waals surface area contributed by atoms with E-state index in [4.69, 9.17) is 27.9 Å². The van der Waals surface area contributed by atoms with Gasteiger partial charge in [0.1, 0.15) is 29.6 Å². The van der Waals surface area contributed by atoms with Crippen molar-refractivity contribution in [2.75, 3.05) is 0 Å². The number of benzene rings is 3. The third-order valence-electron chi connectivity index (χ3n) is 4.73. The molecule has 0 amide bonds. The summed E-state index contributed by atoms with van der Waals surface area (Å²) in [4.78, 5) is 0. The van der Waals surface area contributed by atoms with E-state index >= 15 is 0 Å². The maximum Gasteiger partial charge on any atom is 0.435 e. The van der Waals surface area contributed by atoms with Gasteiger partial charge in [-0.05, 0) is 48.0 Å². The first-order chi connectivity index (χ1) is 15.6. The number of aromatic nitrogens is 2. The number of hydrogen-bond donors (Lipinski definition) is 1. The van der Waals surface area contributed by atoms with E-state index in [9.17, 15) is 22.7 Å². The summed E-state index contributed by atoms with van der Waals surface area (Å²) in [5, 5.41) is 13.8. The van der Waals surface area contributed by atoms with Crippen LogP contribution in [0.3, 0.4) is 0 Å². The Balaban J connectivity index is 1.61. The lowest BCUT2D eigenvalue weighted by atomic mass is 10.0. The molecule has 3 aromatic carbocycles. The van der Waals surface area contributed by atoms with Gasteiger partial charge in [0.2, 0.25) is 0 Å². The molecule has 0 spiro atoms. The highest BCUT2D eigenvalue weighted by Gasteiger charge is 2.35. The smallest absolute Gasteiger partial charge is 0.435 e. The molecule has 0 atom stereocenters. The number of para-hydroxylation sites is 1. The Morgan fingerprint density at radius 1 is 0.939 bits per heavy atom. The highest BCUT2D eigenvalue weighted by atomic mass is 35.5. The summed E-state index contributed by atoms with van der Waals surface area (Å²) in [7, 11) is 0. The van der Waals surface area contributed by atoms with Gasteiger partial charge >= 0.3 is 6.18 Å². The third-order valence-corrected chi connectivity index (χ3v) is 5.34. The second-order valence-corrected chi connectivity index (χ2v) is 7.79. The van der Waals surface area contributed by atoms with Crippen molar-refractivity contribution in [3.05, 3.63) is 94.0 Å². The molecule has 4 nitrogen and oxygen atoms in total. The van der Waals surface area contributed by atoms with Gasteiger partial charge in [-0.15, -0.1) is 0 Å². The maximum absolute atomic E-state index is 13.3. The van der Waals surface area contributed by atoms with Crippen molar-refractivity contribution < 1.29 is 27.4 Å². The number of phenols is 1. The third kappa shape index (κ3) is 4.91. The van der Waals surface area contributed by atoms with Crippen molar-refractivity contribution in [1.82, 2.24) is 9.78 Å². The van der Waals surface area contributed by atoms with Gasteiger partial charge in [0.25, 0.3) is 0 Å². The van der Waals surface area contributed by atoms with Crippen LogP contribution < -0.4 is 4.74 Å². The fourth-order valence-electron chi connectivity index (χ4n) is 3.18. The molecule has 1 aromatic heterocycles. The Morgan fingerprint density at radius 2 is 1.61 bits per heavy atom. The second kappa shape index (κ2) is 8.96. The van der Waals surface area contributed by atoms with Gasteiger partial charge in [-0.1, -0.05) is 41.4 Å². The van der Waals surface area contributed by atoms with Gasteiger partial charge in [0.15, 0.2) is 5.69 Å². The van der Waals surface area contributed by atoms with E-state index in [1.165, 1.54) is 24.3 Å². The number of ether oxygens (including phenoxy) is 1. The van der Waals surface area contributed by atoms with Crippen LogP contribution in [-0.4, -0.2) is 14.9 Å². The minimum Gasteiger partial charge on any atom is -0.507 e. The number of nitrogens with zero attached hydrogens (tertiary/aromatic N) is 2. The molecule has 0 bridgehead atoms. The molecule has 0 fully saturated rings. The molecule has 0 saturated carbocycles. The lowest BCUT2D eigenvalue weighted by Gasteiger charge is -2.12. The zero-order valence-electron chi connectivity index (χ0n) is 16.6. The summed E-state index contributed by atoms with van der Waals surface area (Å²) in [6, 6.07) is 15.5. The molecule has 0 saturated heterocycles. The van der Waals surface area contributed by atoms with Gasteiger partial charge in [-0.3, -0.25) is 0 Å². The SMILES string of the molecule is Oc1cc(F)ccc1-c1ccc(OCc2cc(C(F)(F)F)nn2-c2c(Cl)cccc2Cl)cc1. The number of phenolic OH excluding ortho intramolecular Hbond substituents is 1. The van der Waals surface area contributed by atoms with Crippen molar-refractivity contribution in [2.24, 2.45) is 0 Å². The predicted octanol–water partition coefficient (Wildman–Crippen LogP) is 7.29. The summed E-state index contributed by atoms with van der Waals surface area (Å²) < 4.78 is 59.8. The molecule has 170 valence electrons. The zero-order valence-corrected chi connectivity index (χ0v) is 18.1. The first-order valence-electron chi connectivity index (χ1n) is 9.46. The van der Waals surface area contributed by atoms with Gasteiger partial charge in [0, 0.05) is 11.6 Å². The molecule has 0 aliphatic carbocycles. The number of hydrogen-bond acceptors (Lipinski definition) is 3. The molecular formula is C23H14Cl2F4N2O2.